The third kappa shape index (κ3) is 4.14. The van der Waals surface area contributed by atoms with Gasteiger partial charge in [-0.15, -0.1) is 0 Å². The minimum atomic E-state index is -0.853. The van der Waals surface area contributed by atoms with E-state index in [2.05, 4.69) is 15.3 Å². The van der Waals surface area contributed by atoms with Crippen LogP contribution >= 0.6 is 0 Å². The lowest BCUT2D eigenvalue weighted by atomic mass is 10.2. The molecule has 28 heavy (non-hydrogen) atoms. The first kappa shape index (κ1) is 19.4. The Balaban J connectivity index is 1.95. The second kappa shape index (κ2) is 8.12. The van der Waals surface area contributed by atoms with Gasteiger partial charge in [0.05, 0.1) is 0 Å². The number of benzene rings is 2. The fourth-order valence-electron chi connectivity index (χ4n) is 2.82. The molecule has 1 amide bonds. The van der Waals surface area contributed by atoms with E-state index in [9.17, 15) is 13.6 Å². The summed E-state index contributed by atoms with van der Waals surface area (Å²) >= 11 is 0. The molecular formula is C21H20F2N4O. The second-order valence-electron chi connectivity index (χ2n) is 6.33. The number of carbonyl (C=O) groups excluding carboxylic acids is 1. The van der Waals surface area contributed by atoms with Gasteiger partial charge in [0.2, 0.25) is 5.95 Å². The van der Waals surface area contributed by atoms with Crippen molar-refractivity contribution in [3.63, 3.8) is 0 Å². The number of nitrogens with zero attached hydrogens (tertiary/aromatic N) is 3. The van der Waals surface area contributed by atoms with Crippen LogP contribution in [0.15, 0.2) is 48.5 Å². The number of nitrogens with one attached hydrogen (secondary N) is 1. The Bertz CT molecular complexity index is 1000. The number of para-hydroxylation sites is 1. The first-order chi connectivity index (χ1) is 13.4. The minimum Gasteiger partial charge on any atom is -0.316 e. The average molecular weight is 382 g/mol. The maximum atomic E-state index is 13.8. The van der Waals surface area contributed by atoms with Gasteiger partial charge >= 0.3 is 0 Å². The third-order valence-electron chi connectivity index (χ3n) is 4.15. The van der Waals surface area contributed by atoms with Crippen molar-refractivity contribution in [3.8, 4) is 0 Å². The highest BCUT2D eigenvalue weighted by atomic mass is 19.1. The molecule has 1 heterocycles. The van der Waals surface area contributed by atoms with Crippen LogP contribution in [0, 0.1) is 25.5 Å². The molecule has 3 aromatic rings. The van der Waals surface area contributed by atoms with Gasteiger partial charge in [0, 0.05) is 17.9 Å². The van der Waals surface area contributed by atoms with E-state index in [0.29, 0.717) is 18.2 Å². The van der Waals surface area contributed by atoms with Crippen LogP contribution in [0.2, 0.25) is 0 Å². The molecule has 1 aromatic heterocycles. The van der Waals surface area contributed by atoms with E-state index in [-0.39, 0.29) is 5.69 Å². The normalized spacial score (nSPS) is 10.6. The number of hydrogen-bond donors (Lipinski definition) is 1. The summed E-state index contributed by atoms with van der Waals surface area (Å²) in [5.74, 6) is -2.08. The molecule has 0 aliphatic carbocycles. The molecule has 0 unspecified atom stereocenters. The number of rotatable bonds is 5. The number of aromatic nitrogens is 2. The summed E-state index contributed by atoms with van der Waals surface area (Å²) in [6.45, 7) is 6.24. The minimum absolute atomic E-state index is 0.0243. The van der Waals surface area contributed by atoms with E-state index < -0.39 is 23.2 Å². The fraction of sp³-hybridized carbons (Fsp3) is 0.190. The Morgan fingerprint density at radius 3 is 2.36 bits per heavy atom. The zero-order valence-corrected chi connectivity index (χ0v) is 15.8. The van der Waals surface area contributed by atoms with Gasteiger partial charge in [-0.25, -0.2) is 18.7 Å². The van der Waals surface area contributed by atoms with Crippen LogP contribution in [-0.2, 0) is 0 Å². The van der Waals surface area contributed by atoms with Crippen molar-refractivity contribution in [2.75, 3.05) is 16.8 Å². The van der Waals surface area contributed by atoms with E-state index in [1.807, 2.05) is 43.0 Å². The number of amides is 1. The predicted octanol–water partition coefficient (Wildman–Crippen LogP) is 4.78. The van der Waals surface area contributed by atoms with Gasteiger partial charge in [-0.1, -0.05) is 18.2 Å². The number of carbonyl (C=O) groups is 1. The van der Waals surface area contributed by atoms with Crippen LogP contribution in [0.3, 0.4) is 0 Å². The lowest BCUT2D eigenvalue weighted by molar-refractivity contribution is 0.102. The third-order valence-corrected chi connectivity index (χ3v) is 4.15. The summed E-state index contributed by atoms with van der Waals surface area (Å²) in [7, 11) is 0. The summed E-state index contributed by atoms with van der Waals surface area (Å²) in [6, 6.07) is 12.7. The Hall–Kier alpha value is -3.35. The van der Waals surface area contributed by atoms with Gasteiger partial charge in [0.15, 0.2) is 0 Å². The van der Waals surface area contributed by atoms with E-state index in [4.69, 9.17) is 0 Å². The van der Waals surface area contributed by atoms with Crippen molar-refractivity contribution in [3.05, 3.63) is 77.1 Å². The largest absolute Gasteiger partial charge is 0.316 e. The van der Waals surface area contributed by atoms with Crippen LogP contribution in [-0.4, -0.2) is 22.4 Å². The van der Waals surface area contributed by atoms with Gasteiger partial charge in [0.1, 0.15) is 23.0 Å². The van der Waals surface area contributed by atoms with Crippen LogP contribution in [0.1, 0.15) is 28.7 Å². The smallest absolute Gasteiger partial charge is 0.274 e. The predicted molar refractivity (Wildman–Crippen MR) is 105 cm³/mol. The van der Waals surface area contributed by atoms with Crippen molar-refractivity contribution in [1.82, 2.24) is 9.97 Å². The summed E-state index contributed by atoms with van der Waals surface area (Å²) in [4.78, 5) is 23.2. The van der Waals surface area contributed by atoms with Crippen molar-refractivity contribution in [2.24, 2.45) is 0 Å². The molecule has 0 atom stereocenters. The zero-order chi connectivity index (χ0) is 20.3. The van der Waals surface area contributed by atoms with E-state index >= 15 is 0 Å². The Morgan fingerprint density at radius 1 is 1.04 bits per heavy atom. The number of aryl methyl sites for hydroxylation is 2. The van der Waals surface area contributed by atoms with Gasteiger partial charge in [-0.2, -0.15) is 0 Å². The zero-order valence-electron chi connectivity index (χ0n) is 15.8. The van der Waals surface area contributed by atoms with E-state index in [1.165, 1.54) is 12.1 Å². The van der Waals surface area contributed by atoms with Gasteiger partial charge in [-0.05, 0) is 56.7 Å². The molecule has 2 aromatic carbocycles. The van der Waals surface area contributed by atoms with Crippen LogP contribution in [0.4, 0.5) is 26.1 Å². The molecule has 5 nitrogen and oxygen atoms in total. The summed E-state index contributed by atoms with van der Waals surface area (Å²) in [5.41, 5.74) is 2.05. The van der Waals surface area contributed by atoms with Crippen LogP contribution < -0.4 is 10.2 Å². The maximum absolute atomic E-state index is 13.8. The summed E-state index contributed by atoms with van der Waals surface area (Å²) in [5, 5.41) is 2.26. The Labute approximate surface area is 162 Å². The molecule has 0 aliphatic heterocycles. The molecule has 144 valence electrons. The van der Waals surface area contributed by atoms with Crippen molar-refractivity contribution in [1.29, 1.82) is 0 Å². The van der Waals surface area contributed by atoms with Crippen molar-refractivity contribution < 1.29 is 13.6 Å². The standard InChI is InChI=1S/C21H20F2N4O/c1-4-27(15-8-5-7-13(2)11-15)21-24-14(3)12-18(25-21)20(28)26-19-16(22)9-6-10-17(19)23/h5-12H,4H2,1-3H3,(H,26,28). The number of hydrogen-bond acceptors (Lipinski definition) is 4. The second-order valence-corrected chi connectivity index (χ2v) is 6.33. The molecule has 0 aliphatic rings. The molecule has 7 heteroatoms. The average Bonchev–Trinajstić information content (AvgIpc) is 2.65. The van der Waals surface area contributed by atoms with Gasteiger partial charge < -0.3 is 10.2 Å². The van der Waals surface area contributed by atoms with Gasteiger partial charge in [0.25, 0.3) is 5.91 Å². The van der Waals surface area contributed by atoms with E-state index in [0.717, 1.165) is 23.4 Å². The van der Waals surface area contributed by atoms with Crippen molar-refractivity contribution in [2.45, 2.75) is 20.8 Å². The number of halogens is 2. The van der Waals surface area contributed by atoms with Crippen molar-refractivity contribution >= 4 is 23.2 Å². The molecule has 0 bridgehead atoms. The Morgan fingerprint density at radius 2 is 1.71 bits per heavy atom. The molecule has 0 radical (unpaired) electrons. The number of anilines is 3. The summed E-state index contributed by atoms with van der Waals surface area (Å²) in [6.07, 6.45) is 0. The topological polar surface area (TPSA) is 58.1 Å². The SMILES string of the molecule is CCN(c1cccc(C)c1)c1nc(C)cc(C(=O)Nc2c(F)cccc2F)n1. The lowest BCUT2D eigenvalue weighted by Gasteiger charge is -2.22. The molecule has 3 rings (SSSR count). The highest BCUT2D eigenvalue weighted by Gasteiger charge is 2.18. The Kier molecular flexibility index (Phi) is 5.63. The maximum Gasteiger partial charge on any atom is 0.274 e. The monoisotopic (exact) mass is 382 g/mol. The molecule has 1 N–H and O–H groups in total. The highest BCUT2D eigenvalue weighted by Crippen LogP contribution is 2.24. The molecule has 0 fully saturated rings. The molecule has 0 saturated carbocycles. The molecular weight excluding hydrogens is 362 g/mol. The summed E-state index contributed by atoms with van der Waals surface area (Å²) < 4.78 is 27.7. The molecule has 0 saturated heterocycles. The fourth-order valence-corrected chi connectivity index (χ4v) is 2.82. The van der Waals surface area contributed by atoms with E-state index in [1.54, 1.807) is 6.92 Å². The molecule has 0 spiro atoms. The first-order valence-corrected chi connectivity index (χ1v) is 8.84. The van der Waals surface area contributed by atoms with Crippen LogP contribution in [0.5, 0.6) is 0 Å². The van der Waals surface area contributed by atoms with Gasteiger partial charge in [-0.3, -0.25) is 4.79 Å². The highest BCUT2D eigenvalue weighted by molar-refractivity contribution is 6.03. The quantitative estimate of drug-likeness (QED) is 0.690. The lowest BCUT2D eigenvalue weighted by Crippen LogP contribution is -2.22. The first-order valence-electron chi connectivity index (χ1n) is 8.84. The van der Waals surface area contributed by atoms with Crippen LogP contribution in [0.25, 0.3) is 0 Å².